The second kappa shape index (κ2) is 9.23. The van der Waals surface area contributed by atoms with Crippen LogP contribution in [0, 0.1) is 0 Å². The molecule has 0 spiro atoms. The maximum Gasteiger partial charge on any atom is 0.269 e. The topological polar surface area (TPSA) is 79.9 Å². The van der Waals surface area contributed by atoms with Crippen molar-refractivity contribution >= 4 is 11.8 Å². The Morgan fingerprint density at radius 1 is 1.07 bits per heavy atom. The molecule has 3 rings (SSSR count). The molecular formula is C21H25N3O4. The maximum absolute atomic E-state index is 12.4. The SMILES string of the molecule is COc1ccc(OC)c([C@H]2CCCN2CC(=O)NNC(=O)c2ccccc2)c1. The highest BCUT2D eigenvalue weighted by atomic mass is 16.5. The van der Waals surface area contributed by atoms with E-state index in [1.807, 2.05) is 24.3 Å². The first-order valence-corrected chi connectivity index (χ1v) is 9.22. The van der Waals surface area contributed by atoms with Crippen LogP contribution in [-0.2, 0) is 4.79 Å². The summed E-state index contributed by atoms with van der Waals surface area (Å²) in [7, 11) is 3.26. The second-order valence-electron chi connectivity index (χ2n) is 6.60. The van der Waals surface area contributed by atoms with Crippen molar-refractivity contribution in [2.24, 2.45) is 0 Å². The molecule has 1 heterocycles. The van der Waals surface area contributed by atoms with Gasteiger partial charge in [-0.25, -0.2) is 0 Å². The summed E-state index contributed by atoms with van der Waals surface area (Å²) in [5.74, 6) is 0.914. The molecule has 0 aromatic heterocycles. The van der Waals surface area contributed by atoms with Gasteiger partial charge in [0, 0.05) is 17.2 Å². The van der Waals surface area contributed by atoms with Crippen molar-refractivity contribution in [3.05, 3.63) is 59.7 Å². The molecule has 2 amide bonds. The number of nitrogens with zero attached hydrogens (tertiary/aromatic N) is 1. The molecule has 2 N–H and O–H groups in total. The fraction of sp³-hybridized carbons (Fsp3) is 0.333. The lowest BCUT2D eigenvalue weighted by Crippen LogP contribution is -2.46. The summed E-state index contributed by atoms with van der Waals surface area (Å²) in [6, 6.07) is 14.5. The third kappa shape index (κ3) is 4.61. The minimum atomic E-state index is -0.346. The second-order valence-corrected chi connectivity index (χ2v) is 6.60. The number of rotatable bonds is 6. The van der Waals surface area contributed by atoms with Gasteiger partial charge in [-0.1, -0.05) is 18.2 Å². The zero-order chi connectivity index (χ0) is 19.9. The van der Waals surface area contributed by atoms with Crippen LogP contribution in [0.1, 0.15) is 34.8 Å². The van der Waals surface area contributed by atoms with Crippen LogP contribution < -0.4 is 20.3 Å². The number of likely N-dealkylation sites (tertiary alicyclic amines) is 1. The Bertz CT molecular complexity index is 826. The fourth-order valence-electron chi connectivity index (χ4n) is 3.48. The highest BCUT2D eigenvalue weighted by molar-refractivity contribution is 5.95. The molecule has 1 atom stereocenters. The first kappa shape index (κ1) is 19.7. The van der Waals surface area contributed by atoms with Crippen LogP contribution in [0.5, 0.6) is 11.5 Å². The lowest BCUT2D eigenvalue weighted by Gasteiger charge is -2.26. The molecule has 1 aliphatic rings. The summed E-state index contributed by atoms with van der Waals surface area (Å²) in [6.45, 7) is 0.977. The van der Waals surface area contributed by atoms with Crippen molar-refractivity contribution in [1.82, 2.24) is 15.8 Å². The minimum absolute atomic E-state index is 0.0561. The van der Waals surface area contributed by atoms with Gasteiger partial charge in [-0.05, 0) is 49.7 Å². The van der Waals surface area contributed by atoms with Gasteiger partial charge in [0.1, 0.15) is 11.5 Å². The number of ether oxygens (including phenoxy) is 2. The summed E-state index contributed by atoms with van der Waals surface area (Å²) in [5.41, 5.74) is 6.44. The number of carbonyl (C=O) groups excluding carboxylic acids is 2. The van der Waals surface area contributed by atoms with E-state index in [0.717, 1.165) is 36.4 Å². The van der Waals surface area contributed by atoms with E-state index in [1.54, 1.807) is 38.5 Å². The molecule has 0 unspecified atom stereocenters. The van der Waals surface area contributed by atoms with Crippen LogP contribution in [0.15, 0.2) is 48.5 Å². The molecule has 0 bridgehead atoms. The number of benzene rings is 2. The molecule has 28 heavy (non-hydrogen) atoms. The zero-order valence-corrected chi connectivity index (χ0v) is 16.1. The van der Waals surface area contributed by atoms with E-state index in [9.17, 15) is 9.59 Å². The smallest absolute Gasteiger partial charge is 0.269 e. The van der Waals surface area contributed by atoms with Gasteiger partial charge in [-0.2, -0.15) is 0 Å². The van der Waals surface area contributed by atoms with Gasteiger partial charge in [0.05, 0.1) is 20.8 Å². The van der Waals surface area contributed by atoms with Gasteiger partial charge in [0.25, 0.3) is 11.8 Å². The van der Waals surface area contributed by atoms with E-state index in [4.69, 9.17) is 9.47 Å². The molecule has 0 radical (unpaired) electrons. The minimum Gasteiger partial charge on any atom is -0.497 e. The quantitative estimate of drug-likeness (QED) is 0.749. The normalized spacial score (nSPS) is 16.4. The molecule has 1 aliphatic heterocycles. The van der Waals surface area contributed by atoms with Crippen LogP contribution >= 0.6 is 0 Å². The summed E-state index contributed by atoms with van der Waals surface area (Å²) in [5, 5.41) is 0. The van der Waals surface area contributed by atoms with Crippen molar-refractivity contribution in [1.29, 1.82) is 0 Å². The van der Waals surface area contributed by atoms with Gasteiger partial charge in [0.15, 0.2) is 0 Å². The fourth-order valence-corrected chi connectivity index (χ4v) is 3.48. The van der Waals surface area contributed by atoms with Crippen LogP contribution in [-0.4, -0.2) is 44.0 Å². The van der Waals surface area contributed by atoms with Crippen molar-refractivity contribution in [2.45, 2.75) is 18.9 Å². The predicted molar refractivity (Wildman–Crippen MR) is 105 cm³/mol. The van der Waals surface area contributed by atoms with Gasteiger partial charge in [-0.15, -0.1) is 0 Å². The van der Waals surface area contributed by atoms with Crippen LogP contribution in [0.4, 0.5) is 0 Å². The first-order valence-electron chi connectivity index (χ1n) is 9.22. The summed E-state index contributed by atoms with van der Waals surface area (Å²) >= 11 is 0. The maximum atomic E-state index is 12.4. The molecule has 2 aromatic rings. The number of nitrogens with one attached hydrogen (secondary N) is 2. The zero-order valence-electron chi connectivity index (χ0n) is 16.1. The Morgan fingerprint density at radius 3 is 2.57 bits per heavy atom. The van der Waals surface area contributed by atoms with Crippen LogP contribution in [0.25, 0.3) is 0 Å². The Balaban J connectivity index is 1.62. The summed E-state index contributed by atoms with van der Waals surface area (Å²) < 4.78 is 10.8. The van der Waals surface area contributed by atoms with Crippen molar-refractivity contribution in [2.75, 3.05) is 27.3 Å². The van der Waals surface area contributed by atoms with Crippen molar-refractivity contribution in [3.63, 3.8) is 0 Å². The highest BCUT2D eigenvalue weighted by Crippen LogP contribution is 2.38. The van der Waals surface area contributed by atoms with Gasteiger partial charge >= 0.3 is 0 Å². The summed E-state index contributed by atoms with van der Waals surface area (Å²) in [6.07, 6.45) is 1.90. The lowest BCUT2D eigenvalue weighted by molar-refractivity contribution is -0.123. The lowest BCUT2D eigenvalue weighted by atomic mass is 10.0. The van der Waals surface area contributed by atoms with Crippen LogP contribution in [0.2, 0.25) is 0 Å². The van der Waals surface area contributed by atoms with E-state index < -0.39 is 0 Å². The third-order valence-corrected chi connectivity index (χ3v) is 4.86. The Kier molecular flexibility index (Phi) is 6.49. The number of carbonyl (C=O) groups is 2. The number of hydrogen-bond donors (Lipinski definition) is 2. The monoisotopic (exact) mass is 383 g/mol. The Labute approximate surface area is 164 Å². The number of hydrogen-bond acceptors (Lipinski definition) is 5. The van der Waals surface area contributed by atoms with E-state index in [-0.39, 0.29) is 24.4 Å². The molecule has 1 saturated heterocycles. The molecule has 7 heteroatoms. The average Bonchev–Trinajstić information content (AvgIpc) is 3.19. The largest absolute Gasteiger partial charge is 0.497 e. The van der Waals surface area contributed by atoms with Crippen molar-refractivity contribution in [3.8, 4) is 11.5 Å². The van der Waals surface area contributed by atoms with E-state index in [2.05, 4.69) is 15.8 Å². The Hall–Kier alpha value is -3.06. The molecular weight excluding hydrogens is 358 g/mol. The van der Waals surface area contributed by atoms with E-state index >= 15 is 0 Å². The molecule has 0 aliphatic carbocycles. The highest BCUT2D eigenvalue weighted by Gasteiger charge is 2.30. The van der Waals surface area contributed by atoms with Crippen molar-refractivity contribution < 1.29 is 19.1 Å². The third-order valence-electron chi connectivity index (χ3n) is 4.86. The van der Waals surface area contributed by atoms with E-state index in [1.165, 1.54) is 0 Å². The van der Waals surface area contributed by atoms with Gasteiger partial charge in [0.2, 0.25) is 0 Å². The Morgan fingerprint density at radius 2 is 1.86 bits per heavy atom. The predicted octanol–water partition coefficient (Wildman–Crippen LogP) is 2.30. The number of amides is 2. The standard InChI is InChI=1S/C21H25N3O4/c1-27-16-10-11-19(28-2)17(13-16)18-9-6-12-24(18)14-20(25)22-23-21(26)15-7-4-3-5-8-15/h3-5,7-8,10-11,13,18H,6,9,12,14H2,1-2H3,(H,22,25)(H,23,26)/t18-/m1/s1. The first-order chi connectivity index (χ1) is 13.6. The molecule has 148 valence electrons. The van der Waals surface area contributed by atoms with Gasteiger partial charge < -0.3 is 9.47 Å². The molecule has 2 aromatic carbocycles. The molecule has 7 nitrogen and oxygen atoms in total. The number of methoxy groups -OCH3 is 2. The van der Waals surface area contributed by atoms with Gasteiger partial charge in [-0.3, -0.25) is 25.3 Å². The van der Waals surface area contributed by atoms with Crippen LogP contribution in [0.3, 0.4) is 0 Å². The molecule has 1 fully saturated rings. The molecule has 0 saturated carbocycles. The average molecular weight is 383 g/mol. The number of hydrazine groups is 1. The summed E-state index contributed by atoms with van der Waals surface area (Å²) in [4.78, 5) is 26.5. The van der Waals surface area contributed by atoms with E-state index in [0.29, 0.717) is 5.56 Å².